The lowest BCUT2D eigenvalue weighted by atomic mass is 10.1. The fourth-order valence-electron chi connectivity index (χ4n) is 2.22. The number of carbonyl (C=O) groups excluding carboxylic acids is 2. The molecule has 0 radical (unpaired) electrons. The zero-order chi connectivity index (χ0) is 16.2. The Balaban J connectivity index is 1.84. The highest BCUT2D eigenvalue weighted by molar-refractivity contribution is 5.74. The van der Waals surface area contributed by atoms with Crippen molar-refractivity contribution in [3.63, 3.8) is 0 Å². The Kier molecular flexibility index (Phi) is 5.00. The number of rotatable bonds is 3. The Hall–Kier alpha value is -2.11. The lowest BCUT2D eigenvalue weighted by Crippen LogP contribution is -2.44. The van der Waals surface area contributed by atoms with Crippen molar-refractivity contribution in [2.45, 2.75) is 45.3 Å². The van der Waals surface area contributed by atoms with Crippen LogP contribution in [0, 0.1) is 0 Å². The molecule has 1 aromatic rings. The van der Waals surface area contributed by atoms with Crippen molar-refractivity contribution in [3.8, 4) is 5.88 Å². The second-order valence-corrected chi connectivity index (χ2v) is 6.33. The number of aromatic nitrogens is 1. The third-order valence-electron chi connectivity index (χ3n) is 3.28. The number of hydrogen-bond acceptors (Lipinski definition) is 5. The summed E-state index contributed by atoms with van der Waals surface area (Å²) in [6.07, 6.45) is 3.45. The summed E-state index contributed by atoms with van der Waals surface area (Å²) in [4.78, 5) is 28.5. The Morgan fingerprint density at radius 3 is 2.64 bits per heavy atom. The molecule has 0 bridgehead atoms. The number of pyridine rings is 1. The summed E-state index contributed by atoms with van der Waals surface area (Å²) in [6.45, 7) is 6.74. The number of carbonyl (C=O) groups is 2. The van der Waals surface area contributed by atoms with Crippen molar-refractivity contribution in [1.82, 2.24) is 9.88 Å². The van der Waals surface area contributed by atoms with E-state index < -0.39 is 5.60 Å². The lowest BCUT2D eigenvalue weighted by molar-refractivity contribution is 0.0123. The largest absolute Gasteiger partial charge is 0.474 e. The molecule has 1 amide bonds. The number of piperidine rings is 1. The fraction of sp³-hybridized carbons (Fsp3) is 0.562. The lowest BCUT2D eigenvalue weighted by Gasteiger charge is -2.33. The quantitative estimate of drug-likeness (QED) is 0.803. The minimum absolute atomic E-state index is 0.00640. The highest BCUT2D eigenvalue weighted by Crippen LogP contribution is 2.19. The molecule has 2 rings (SSSR count). The van der Waals surface area contributed by atoms with Crippen molar-refractivity contribution in [2.24, 2.45) is 0 Å². The van der Waals surface area contributed by atoms with Gasteiger partial charge in [0.25, 0.3) is 0 Å². The zero-order valence-corrected chi connectivity index (χ0v) is 13.2. The number of ether oxygens (including phenoxy) is 2. The van der Waals surface area contributed by atoms with Crippen molar-refractivity contribution in [3.05, 3.63) is 23.9 Å². The molecule has 0 saturated carbocycles. The molecule has 0 aromatic carbocycles. The van der Waals surface area contributed by atoms with Crippen LogP contribution in [0.1, 0.15) is 44.0 Å². The van der Waals surface area contributed by atoms with Crippen LogP contribution in [0.25, 0.3) is 0 Å². The van der Waals surface area contributed by atoms with Crippen LogP contribution in [-0.2, 0) is 4.74 Å². The molecule has 1 aliphatic heterocycles. The highest BCUT2D eigenvalue weighted by Gasteiger charge is 2.27. The van der Waals surface area contributed by atoms with Gasteiger partial charge in [0.2, 0.25) is 5.88 Å². The van der Waals surface area contributed by atoms with Gasteiger partial charge in [0.05, 0.1) is 0 Å². The highest BCUT2D eigenvalue weighted by atomic mass is 16.6. The molecule has 1 aliphatic rings. The molecule has 0 spiro atoms. The van der Waals surface area contributed by atoms with Gasteiger partial charge in [-0.3, -0.25) is 4.79 Å². The van der Waals surface area contributed by atoms with Crippen LogP contribution in [0.2, 0.25) is 0 Å². The van der Waals surface area contributed by atoms with E-state index in [9.17, 15) is 9.59 Å². The molecule has 0 N–H and O–H groups in total. The van der Waals surface area contributed by atoms with Crippen LogP contribution in [0.5, 0.6) is 5.88 Å². The number of likely N-dealkylation sites (tertiary alicyclic amines) is 1. The van der Waals surface area contributed by atoms with Crippen LogP contribution in [0.3, 0.4) is 0 Å². The van der Waals surface area contributed by atoms with Gasteiger partial charge in [-0.15, -0.1) is 0 Å². The molecule has 1 aromatic heterocycles. The van der Waals surface area contributed by atoms with Gasteiger partial charge in [-0.2, -0.15) is 0 Å². The van der Waals surface area contributed by atoms with E-state index in [0.717, 1.165) is 6.29 Å². The second-order valence-electron chi connectivity index (χ2n) is 6.33. The van der Waals surface area contributed by atoms with Gasteiger partial charge in [-0.05, 0) is 26.8 Å². The summed E-state index contributed by atoms with van der Waals surface area (Å²) >= 11 is 0. The van der Waals surface area contributed by atoms with Gasteiger partial charge >= 0.3 is 6.09 Å². The first-order chi connectivity index (χ1) is 10.4. The van der Waals surface area contributed by atoms with Crippen molar-refractivity contribution in [2.75, 3.05) is 13.1 Å². The van der Waals surface area contributed by atoms with Gasteiger partial charge in [0, 0.05) is 43.8 Å². The Morgan fingerprint density at radius 2 is 2.05 bits per heavy atom. The third-order valence-corrected chi connectivity index (χ3v) is 3.28. The van der Waals surface area contributed by atoms with Crippen LogP contribution in [-0.4, -0.2) is 47.1 Å². The standard InChI is InChI=1S/C16H22N2O4/c1-16(2,3)22-15(20)18-8-5-13(6-9-18)21-14-10-12(11-19)4-7-17-14/h4,7,10-11,13H,5-6,8-9H2,1-3H3. The molecule has 2 heterocycles. The van der Waals surface area contributed by atoms with Crippen LogP contribution in [0.15, 0.2) is 18.3 Å². The first-order valence-electron chi connectivity index (χ1n) is 7.43. The van der Waals surface area contributed by atoms with Crippen LogP contribution in [0.4, 0.5) is 4.79 Å². The maximum Gasteiger partial charge on any atom is 0.410 e. The van der Waals surface area contributed by atoms with Gasteiger partial charge in [-0.25, -0.2) is 9.78 Å². The summed E-state index contributed by atoms with van der Waals surface area (Å²) in [5.41, 5.74) is 0.0556. The number of aldehydes is 1. The Bertz CT molecular complexity index is 531. The zero-order valence-electron chi connectivity index (χ0n) is 13.2. The molecule has 6 heteroatoms. The minimum Gasteiger partial charge on any atom is -0.474 e. The molecule has 1 fully saturated rings. The summed E-state index contributed by atoms with van der Waals surface area (Å²) in [6, 6.07) is 3.25. The van der Waals surface area contributed by atoms with Gasteiger partial charge in [0.1, 0.15) is 18.0 Å². The van der Waals surface area contributed by atoms with Gasteiger partial charge in [0.15, 0.2) is 0 Å². The topological polar surface area (TPSA) is 68.7 Å². The van der Waals surface area contributed by atoms with Crippen LogP contribution >= 0.6 is 0 Å². The van der Waals surface area contributed by atoms with E-state index in [-0.39, 0.29) is 12.2 Å². The first-order valence-corrected chi connectivity index (χ1v) is 7.43. The third kappa shape index (κ3) is 4.72. The Morgan fingerprint density at radius 1 is 1.36 bits per heavy atom. The van der Waals surface area contributed by atoms with E-state index in [2.05, 4.69) is 4.98 Å². The average Bonchev–Trinajstić information content (AvgIpc) is 2.46. The molecular weight excluding hydrogens is 284 g/mol. The smallest absolute Gasteiger partial charge is 0.410 e. The predicted molar refractivity (Wildman–Crippen MR) is 81.1 cm³/mol. The molecule has 6 nitrogen and oxygen atoms in total. The van der Waals surface area contributed by atoms with E-state index >= 15 is 0 Å². The molecular formula is C16H22N2O4. The minimum atomic E-state index is -0.483. The monoisotopic (exact) mass is 306 g/mol. The van der Waals surface area contributed by atoms with E-state index in [0.29, 0.717) is 37.4 Å². The molecule has 0 atom stereocenters. The number of hydrogen-bond donors (Lipinski definition) is 0. The average molecular weight is 306 g/mol. The van der Waals surface area contributed by atoms with Crippen molar-refractivity contribution < 1.29 is 19.1 Å². The SMILES string of the molecule is CC(C)(C)OC(=O)N1CCC(Oc2cc(C=O)ccn2)CC1. The maximum absolute atomic E-state index is 12.0. The molecule has 22 heavy (non-hydrogen) atoms. The fourth-order valence-corrected chi connectivity index (χ4v) is 2.22. The van der Waals surface area contributed by atoms with E-state index in [4.69, 9.17) is 9.47 Å². The Labute approximate surface area is 130 Å². The normalized spacial score (nSPS) is 16.2. The second kappa shape index (κ2) is 6.77. The van der Waals surface area contributed by atoms with Crippen LogP contribution < -0.4 is 4.74 Å². The van der Waals surface area contributed by atoms with E-state index in [1.165, 1.54) is 0 Å². The van der Waals surface area contributed by atoms with Crippen molar-refractivity contribution in [1.29, 1.82) is 0 Å². The molecule has 1 saturated heterocycles. The van der Waals surface area contributed by atoms with Gasteiger partial charge < -0.3 is 14.4 Å². The summed E-state index contributed by atoms with van der Waals surface area (Å²) in [5, 5.41) is 0. The first kappa shape index (κ1) is 16.3. The number of amides is 1. The summed E-state index contributed by atoms with van der Waals surface area (Å²) < 4.78 is 11.1. The van der Waals surface area contributed by atoms with Gasteiger partial charge in [-0.1, -0.05) is 0 Å². The molecule has 0 unspecified atom stereocenters. The summed E-state index contributed by atoms with van der Waals surface area (Å²) in [7, 11) is 0. The molecule has 0 aliphatic carbocycles. The predicted octanol–water partition coefficient (Wildman–Crippen LogP) is 2.67. The molecule has 120 valence electrons. The van der Waals surface area contributed by atoms with Crippen molar-refractivity contribution >= 4 is 12.4 Å². The maximum atomic E-state index is 12.0. The number of nitrogens with zero attached hydrogens (tertiary/aromatic N) is 2. The summed E-state index contributed by atoms with van der Waals surface area (Å²) in [5.74, 6) is 0.445. The van der Waals surface area contributed by atoms with E-state index in [1.807, 2.05) is 20.8 Å². The van der Waals surface area contributed by atoms with E-state index in [1.54, 1.807) is 23.2 Å².